The lowest BCUT2D eigenvalue weighted by Gasteiger charge is -2.20. The van der Waals surface area contributed by atoms with Crippen LogP contribution in [0.1, 0.15) is 20.8 Å². The zero-order valence-corrected chi connectivity index (χ0v) is 9.05. The molecule has 0 aliphatic carbocycles. The van der Waals surface area contributed by atoms with Crippen molar-refractivity contribution in [3.05, 3.63) is 0 Å². The van der Waals surface area contributed by atoms with Gasteiger partial charge < -0.3 is 15.5 Å². The average molecular weight is 187 g/mol. The van der Waals surface area contributed by atoms with Crippen LogP contribution in [0.25, 0.3) is 0 Å². The molecule has 0 aliphatic heterocycles. The van der Waals surface area contributed by atoms with E-state index in [1.54, 1.807) is 0 Å². The van der Waals surface area contributed by atoms with Gasteiger partial charge in [-0.1, -0.05) is 0 Å². The Morgan fingerprint density at radius 3 is 2.46 bits per heavy atom. The molecule has 4 heteroatoms. The molecule has 0 spiro atoms. The van der Waals surface area contributed by atoms with Gasteiger partial charge in [-0.05, 0) is 27.8 Å². The molecule has 0 aliphatic rings. The van der Waals surface area contributed by atoms with Gasteiger partial charge in [-0.15, -0.1) is 0 Å². The maximum atomic E-state index is 11.0. The van der Waals surface area contributed by atoms with E-state index in [0.717, 1.165) is 6.54 Å². The van der Waals surface area contributed by atoms with Crippen molar-refractivity contribution < 1.29 is 4.79 Å². The number of hydrogen-bond donors (Lipinski definition) is 2. The molecule has 0 radical (unpaired) electrons. The first-order valence-corrected chi connectivity index (χ1v) is 4.79. The number of nitrogens with one attached hydrogen (secondary N) is 2. The first kappa shape index (κ1) is 12.2. The molecule has 0 unspecified atom stereocenters. The molecule has 0 heterocycles. The molecule has 0 aromatic heterocycles. The molecule has 13 heavy (non-hydrogen) atoms. The topological polar surface area (TPSA) is 44.4 Å². The fourth-order valence-electron chi connectivity index (χ4n) is 0.827. The van der Waals surface area contributed by atoms with Gasteiger partial charge in [0, 0.05) is 25.7 Å². The van der Waals surface area contributed by atoms with Crippen LogP contribution >= 0.6 is 0 Å². The lowest BCUT2D eigenvalue weighted by molar-refractivity contribution is 0.235. The molecule has 0 aromatic rings. The normalized spacial score (nSPS) is 10.6. The lowest BCUT2D eigenvalue weighted by atomic mass is 10.3. The minimum Gasteiger partial charge on any atom is -0.338 e. The second-order valence-corrected chi connectivity index (χ2v) is 3.36. The molecule has 0 saturated carbocycles. The molecule has 0 bridgehead atoms. The summed E-state index contributed by atoms with van der Waals surface area (Å²) in [5.41, 5.74) is 0. The molecule has 0 aromatic carbocycles. The van der Waals surface area contributed by atoms with Crippen molar-refractivity contribution in [1.29, 1.82) is 0 Å². The van der Waals surface area contributed by atoms with Gasteiger partial charge in [-0.2, -0.15) is 0 Å². The number of urea groups is 1. The maximum Gasteiger partial charge on any atom is 0.314 e. The van der Waals surface area contributed by atoms with E-state index in [1.165, 1.54) is 0 Å². The van der Waals surface area contributed by atoms with Crippen LogP contribution in [0.15, 0.2) is 0 Å². The summed E-state index contributed by atoms with van der Waals surface area (Å²) in [6, 6.07) is 0.440. The largest absolute Gasteiger partial charge is 0.338 e. The molecular formula is C9H21N3O. The van der Waals surface area contributed by atoms with Crippen molar-refractivity contribution in [2.75, 3.05) is 26.7 Å². The van der Waals surface area contributed by atoms with E-state index >= 15 is 0 Å². The highest BCUT2D eigenvalue weighted by atomic mass is 16.2. The third kappa shape index (κ3) is 6.40. The predicted octanol–water partition coefficient (Wildman–Crippen LogP) is 0.646. The molecule has 2 N–H and O–H groups in total. The summed E-state index contributed by atoms with van der Waals surface area (Å²) in [6.07, 6.45) is 0. The summed E-state index contributed by atoms with van der Waals surface area (Å²) in [7, 11) is 2.05. The van der Waals surface area contributed by atoms with Crippen molar-refractivity contribution in [1.82, 2.24) is 15.5 Å². The van der Waals surface area contributed by atoms with E-state index in [0.29, 0.717) is 19.1 Å². The summed E-state index contributed by atoms with van der Waals surface area (Å²) >= 11 is 0. The van der Waals surface area contributed by atoms with Crippen LogP contribution in [0, 0.1) is 0 Å². The van der Waals surface area contributed by atoms with Crippen LogP contribution in [-0.4, -0.2) is 43.7 Å². The van der Waals surface area contributed by atoms with Crippen molar-refractivity contribution in [3.63, 3.8) is 0 Å². The third-order valence-electron chi connectivity index (χ3n) is 1.97. The van der Waals surface area contributed by atoms with Crippen LogP contribution in [0.2, 0.25) is 0 Å². The number of rotatable bonds is 5. The van der Waals surface area contributed by atoms with E-state index < -0.39 is 0 Å². The summed E-state index contributed by atoms with van der Waals surface area (Å²) < 4.78 is 0. The average Bonchev–Trinajstić information content (AvgIpc) is 2.04. The first-order chi connectivity index (χ1) is 6.07. The lowest BCUT2D eigenvalue weighted by Crippen LogP contribution is -2.40. The summed E-state index contributed by atoms with van der Waals surface area (Å²) in [4.78, 5) is 13.1. The zero-order valence-electron chi connectivity index (χ0n) is 9.05. The summed E-state index contributed by atoms with van der Waals surface area (Å²) in [5.74, 6) is 0. The number of hydrogen-bond acceptors (Lipinski definition) is 2. The third-order valence-corrected chi connectivity index (χ3v) is 1.97. The minimum absolute atomic E-state index is 0.0837. The van der Waals surface area contributed by atoms with Crippen molar-refractivity contribution in [2.45, 2.75) is 26.8 Å². The SMILES string of the molecule is CCNC(=O)NCCN(C)C(C)C. The quantitative estimate of drug-likeness (QED) is 0.663. The molecule has 0 atom stereocenters. The van der Waals surface area contributed by atoms with Crippen LogP contribution in [0.3, 0.4) is 0 Å². The molecule has 4 nitrogen and oxygen atoms in total. The molecule has 2 amide bonds. The monoisotopic (exact) mass is 187 g/mol. The standard InChI is InChI=1S/C9H21N3O/c1-5-10-9(13)11-6-7-12(4)8(2)3/h8H,5-7H2,1-4H3,(H2,10,11,13). The van der Waals surface area contributed by atoms with Crippen molar-refractivity contribution >= 4 is 6.03 Å². The van der Waals surface area contributed by atoms with Crippen LogP contribution in [0.5, 0.6) is 0 Å². The van der Waals surface area contributed by atoms with E-state index in [-0.39, 0.29) is 6.03 Å². The van der Waals surface area contributed by atoms with Crippen LogP contribution in [0.4, 0.5) is 4.79 Å². The van der Waals surface area contributed by atoms with Gasteiger partial charge in [-0.25, -0.2) is 4.79 Å². The first-order valence-electron chi connectivity index (χ1n) is 4.79. The molecule has 0 fully saturated rings. The van der Waals surface area contributed by atoms with Gasteiger partial charge in [0.2, 0.25) is 0 Å². The Bertz CT molecular complexity index is 148. The Kier molecular flexibility index (Phi) is 6.32. The number of carbonyl (C=O) groups is 1. The predicted molar refractivity (Wildman–Crippen MR) is 54.8 cm³/mol. The van der Waals surface area contributed by atoms with E-state index in [1.807, 2.05) is 14.0 Å². The second-order valence-electron chi connectivity index (χ2n) is 3.36. The second kappa shape index (κ2) is 6.71. The fourth-order valence-corrected chi connectivity index (χ4v) is 0.827. The van der Waals surface area contributed by atoms with Crippen LogP contribution < -0.4 is 10.6 Å². The highest BCUT2D eigenvalue weighted by molar-refractivity contribution is 5.73. The minimum atomic E-state index is -0.0837. The van der Waals surface area contributed by atoms with Crippen molar-refractivity contribution in [2.24, 2.45) is 0 Å². The fraction of sp³-hybridized carbons (Fsp3) is 0.889. The van der Waals surface area contributed by atoms with Crippen molar-refractivity contribution in [3.8, 4) is 0 Å². The summed E-state index contributed by atoms with van der Waals surface area (Å²) in [5, 5.41) is 5.46. The van der Waals surface area contributed by atoms with Gasteiger partial charge in [0.05, 0.1) is 0 Å². The smallest absolute Gasteiger partial charge is 0.314 e. The summed E-state index contributed by atoms with van der Waals surface area (Å²) in [6.45, 7) is 8.42. The Morgan fingerprint density at radius 1 is 1.38 bits per heavy atom. The highest BCUT2D eigenvalue weighted by Gasteiger charge is 2.02. The van der Waals surface area contributed by atoms with Crippen LogP contribution in [-0.2, 0) is 0 Å². The zero-order chi connectivity index (χ0) is 10.3. The Labute approximate surface area is 80.7 Å². The van der Waals surface area contributed by atoms with Gasteiger partial charge in [0.25, 0.3) is 0 Å². The maximum absolute atomic E-state index is 11.0. The van der Waals surface area contributed by atoms with Gasteiger partial charge >= 0.3 is 6.03 Å². The molecule has 78 valence electrons. The number of amides is 2. The Morgan fingerprint density at radius 2 is 2.00 bits per heavy atom. The van der Waals surface area contributed by atoms with E-state index in [4.69, 9.17) is 0 Å². The molecule has 0 saturated heterocycles. The number of nitrogens with zero attached hydrogens (tertiary/aromatic N) is 1. The highest BCUT2D eigenvalue weighted by Crippen LogP contribution is 1.90. The molecule has 0 rings (SSSR count). The molecular weight excluding hydrogens is 166 g/mol. The van der Waals surface area contributed by atoms with Gasteiger partial charge in [0.1, 0.15) is 0 Å². The van der Waals surface area contributed by atoms with Gasteiger partial charge in [-0.3, -0.25) is 0 Å². The Hall–Kier alpha value is -0.770. The Balaban J connectivity index is 3.39. The van der Waals surface area contributed by atoms with Gasteiger partial charge in [0.15, 0.2) is 0 Å². The number of likely N-dealkylation sites (N-methyl/N-ethyl adjacent to an activating group) is 1. The number of carbonyl (C=O) groups excluding carboxylic acids is 1. The van der Waals surface area contributed by atoms with E-state index in [2.05, 4.69) is 29.4 Å². The van der Waals surface area contributed by atoms with E-state index in [9.17, 15) is 4.79 Å².